The number of imidazole rings is 1. The van der Waals surface area contributed by atoms with E-state index in [2.05, 4.69) is 20.0 Å². The Morgan fingerprint density at radius 1 is 1.12 bits per heavy atom. The minimum atomic E-state index is -1.17. The van der Waals surface area contributed by atoms with Crippen LogP contribution < -0.4 is 5.32 Å². The van der Waals surface area contributed by atoms with E-state index in [9.17, 15) is 19.5 Å². The first-order chi connectivity index (χ1) is 12.0. The van der Waals surface area contributed by atoms with Crippen LogP contribution in [0.1, 0.15) is 26.3 Å². The number of nitrogens with zero attached hydrogens (tertiary/aromatic N) is 1. The van der Waals surface area contributed by atoms with Crippen molar-refractivity contribution >= 4 is 34.8 Å². The van der Waals surface area contributed by atoms with Gasteiger partial charge in [-0.25, -0.2) is 14.6 Å². The number of carbonyl (C=O) groups excluding carboxylic acids is 2. The number of rotatable bonds is 4. The van der Waals surface area contributed by atoms with Gasteiger partial charge in [-0.15, -0.1) is 0 Å². The van der Waals surface area contributed by atoms with E-state index in [0.29, 0.717) is 16.6 Å². The molecule has 0 fully saturated rings. The van der Waals surface area contributed by atoms with E-state index >= 15 is 0 Å². The van der Waals surface area contributed by atoms with Crippen molar-refractivity contribution in [3.8, 4) is 0 Å². The molecular formula is C17H13N3O5. The van der Waals surface area contributed by atoms with Crippen LogP contribution >= 0.6 is 0 Å². The average Bonchev–Trinajstić information content (AvgIpc) is 3.02. The molecule has 0 saturated heterocycles. The lowest BCUT2D eigenvalue weighted by atomic mass is 9.98. The van der Waals surface area contributed by atoms with Crippen LogP contribution in [0.5, 0.6) is 0 Å². The Labute approximate surface area is 141 Å². The van der Waals surface area contributed by atoms with Crippen LogP contribution in [0.3, 0.4) is 0 Å². The number of anilines is 1. The van der Waals surface area contributed by atoms with E-state index in [0.717, 1.165) is 0 Å². The van der Waals surface area contributed by atoms with Gasteiger partial charge in [-0.3, -0.25) is 10.1 Å². The number of ether oxygens (including phenoxy) is 1. The summed E-state index contributed by atoms with van der Waals surface area (Å²) in [6, 6.07) is 10.7. The van der Waals surface area contributed by atoms with Gasteiger partial charge >= 0.3 is 12.1 Å². The number of carboxylic acids is 1. The van der Waals surface area contributed by atoms with Gasteiger partial charge in [0.25, 0.3) is 0 Å². The lowest BCUT2D eigenvalue weighted by Crippen LogP contribution is -2.11. The topological polar surface area (TPSA) is 121 Å². The fraction of sp³-hybridized carbons (Fsp3) is 0.0588. The first-order valence-electron chi connectivity index (χ1n) is 7.21. The largest absolute Gasteiger partial charge is 0.478 e. The normalized spacial score (nSPS) is 10.4. The number of fused-ring (bicyclic) bond motifs is 1. The third-order valence-corrected chi connectivity index (χ3v) is 3.55. The molecule has 0 bridgehead atoms. The summed E-state index contributed by atoms with van der Waals surface area (Å²) in [6.45, 7) is 0. The zero-order chi connectivity index (χ0) is 18.0. The Balaban J connectivity index is 1.98. The molecule has 126 valence electrons. The molecule has 8 nitrogen and oxygen atoms in total. The van der Waals surface area contributed by atoms with E-state index in [1.54, 1.807) is 30.3 Å². The second-order valence-corrected chi connectivity index (χ2v) is 5.11. The number of hydrogen-bond acceptors (Lipinski definition) is 5. The molecule has 25 heavy (non-hydrogen) atoms. The van der Waals surface area contributed by atoms with E-state index in [1.807, 2.05) is 0 Å². The Morgan fingerprint density at radius 3 is 2.52 bits per heavy atom. The van der Waals surface area contributed by atoms with E-state index in [1.165, 1.54) is 19.2 Å². The van der Waals surface area contributed by atoms with Crippen LogP contribution in [0.15, 0.2) is 42.5 Å². The van der Waals surface area contributed by atoms with Gasteiger partial charge in [0.15, 0.2) is 5.78 Å². The molecule has 8 heteroatoms. The zero-order valence-electron chi connectivity index (χ0n) is 13.1. The fourth-order valence-electron chi connectivity index (χ4n) is 2.38. The molecule has 3 rings (SSSR count). The Bertz CT molecular complexity index is 993. The number of amides is 1. The highest BCUT2D eigenvalue weighted by molar-refractivity contribution is 6.15. The van der Waals surface area contributed by atoms with Crippen LogP contribution in [0.4, 0.5) is 10.7 Å². The van der Waals surface area contributed by atoms with E-state index in [-0.39, 0.29) is 17.1 Å². The number of carbonyl (C=O) groups is 3. The Kier molecular flexibility index (Phi) is 4.17. The number of aromatic nitrogens is 2. The molecule has 1 heterocycles. The molecule has 3 aromatic rings. The number of ketones is 1. The van der Waals surface area contributed by atoms with Gasteiger partial charge in [-0.1, -0.05) is 18.2 Å². The summed E-state index contributed by atoms with van der Waals surface area (Å²) in [7, 11) is 1.23. The summed E-state index contributed by atoms with van der Waals surface area (Å²) >= 11 is 0. The predicted molar refractivity (Wildman–Crippen MR) is 89.0 cm³/mol. The lowest BCUT2D eigenvalue weighted by molar-refractivity contribution is 0.0692. The number of hydrogen-bond donors (Lipinski definition) is 3. The standard InChI is InChI=1S/C17H13N3O5/c1-25-17(24)20-16-18-12-7-6-9(8-13(12)19-16)14(21)10-4-2-3-5-11(10)15(22)23/h2-8H,1H3,(H,22,23)(H2,18,19,20,24). The third kappa shape index (κ3) is 3.18. The monoisotopic (exact) mass is 339 g/mol. The van der Waals surface area contributed by atoms with Crippen molar-refractivity contribution in [1.29, 1.82) is 0 Å². The van der Waals surface area contributed by atoms with Crippen molar-refractivity contribution < 1.29 is 24.2 Å². The van der Waals surface area contributed by atoms with Crippen LogP contribution in [0.25, 0.3) is 11.0 Å². The molecule has 0 aliphatic heterocycles. The smallest absolute Gasteiger partial charge is 0.413 e. The summed E-state index contributed by atoms with van der Waals surface area (Å²) in [6.07, 6.45) is -0.675. The maximum Gasteiger partial charge on any atom is 0.413 e. The molecule has 3 N–H and O–H groups in total. The molecule has 1 amide bonds. The van der Waals surface area contributed by atoms with Gasteiger partial charge in [0.2, 0.25) is 5.95 Å². The molecule has 1 aromatic heterocycles. The summed E-state index contributed by atoms with van der Waals surface area (Å²) in [5.41, 5.74) is 1.39. The first-order valence-corrected chi connectivity index (χ1v) is 7.21. The molecule has 0 saturated carbocycles. The van der Waals surface area contributed by atoms with Gasteiger partial charge < -0.3 is 14.8 Å². The molecule has 0 aliphatic rings. The molecule has 0 atom stereocenters. The highest BCUT2D eigenvalue weighted by atomic mass is 16.5. The lowest BCUT2D eigenvalue weighted by Gasteiger charge is -2.05. The third-order valence-electron chi connectivity index (χ3n) is 3.55. The van der Waals surface area contributed by atoms with Crippen molar-refractivity contribution in [3.63, 3.8) is 0 Å². The van der Waals surface area contributed by atoms with Crippen molar-refractivity contribution in [2.24, 2.45) is 0 Å². The number of methoxy groups -OCH3 is 1. The molecule has 0 aliphatic carbocycles. The number of aromatic amines is 1. The summed E-state index contributed by atoms with van der Waals surface area (Å²) in [5, 5.41) is 11.6. The van der Waals surface area contributed by atoms with Crippen molar-refractivity contribution in [2.75, 3.05) is 12.4 Å². The van der Waals surface area contributed by atoms with Crippen molar-refractivity contribution in [1.82, 2.24) is 9.97 Å². The maximum absolute atomic E-state index is 12.7. The minimum Gasteiger partial charge on any atom is -0.478 e. The molecule has 0 spiro atoms. The quantitative estimate of drug-likeness (QED) is 0.628. The van der Waals surface area contributed by atoms with Crippen LogP contribution in [-0.2, 0) is 4.74 Å². The van der Waals surface area contributed by atoms with E-state index < -0.39 is 17.8 Å². The highest BCUT2D eigenvalue weighted by Gasteiger charge is 2.18. The first kappa shape index (κ1) is 16.2. The second kappa shape index (κ2) is 6.44. The number of carboxylic acid groups (broad SMARTS) is 1. The summed E-state index contributed by atoms with van der Waals surface area (Å²) in [5.74, 6) is -1.41. The number of nitrogens with one attached hydrogen (secondary N) is 2. The Hall–Kier alpha value is -3.68. The molecule has 0 radical (unpaired) electrons. The van der Waals surface area contributed by atoms with Crippen LogP contribution in [0.2, 0.25) is 0 Å². The van der Waals surface area contributed by atoms with Crippen LogP contribution in [-0.4, -0.2) is 40.0 Å². The highest BCUT2D eigenvalue weighted by Crippen LogP contribution is 2.20. The molecule has 2 aromatic carbocycles. The molecular weight excluding hydrogens is 326 g/mol. The average molecular weight is 339 g/mol. The van der Waals surface area contributed by atoms with Crippen molar-refractivity contribution in [2.45, 2.75) is 0 Å². The Morgan fingerprint density at radius 2 is 1.84 bits per heavy atom. The molecule has 0 unspecified atom stereocenters. The van der Waals surface area contributed by atoms with Gasteiger partial charge in [0.1, 0.15) is 0 Å². The maximum atomic E-state index is 12.7. The van der Waals surface area contributed by atoms with Gasteiger partial charge in [0, 0.05) is 11.1 Å². The van der Waals surface area contributed by atoms with Gasteiger partial charge in [-0.05, 0) is 24.3 Å². The van der Waals surface area contributed by atoms with Gasteiger partial charge in [0.05, 0.1) is 23.7 Å². The number of H-pyrrole nitrogens is 1. The second-order valence-electron chi connectivity index (χ2n) is 5.11. The summed E-state index contributed by atoms with van der Waals surface area (Å²) < 4.78 is 4.49. The predicted octanol–water partition coefficient (Wildman–Crippen LogP) is 2.67. The minimum absolute atomic E-state index is 0.0646. The van der Waals surface area contributed by atoms with E-state index in [4.69, 9.17) is 0 Å². The number of aromatic carboxylic acids is 1. The number of benzene rings is 2. The van der Waals surface area contributed by atoms with Crippen molar-refractivity contribution in [3.05, 3.63) is 59.2 Å². The fourth-order valence-corrected chi connectivity index (χ4v) is 2.38. The van der Waals surface area contributed by atoms with Crippen LogP contribution in [0, 0.1) is 0 Å². The zero-order valence-corrected chi connectivity index (χ0v) is 13.1. The van der Waals surface area contributed by atoms with Gasteiger partial charge in [-0.2, -0.15) is 0 Å². The SMILES string of the molecule is COC(=O)Nc1nc2ccc(C(=O)c3ccccc3C(=O)O)cc2[nH]1. The summed E-state index contributed by atoms with van der Waals surface area (Å²) in [4.78, 5) is 42.2.